The standard InChI is InChI=1S/C19H22F3N3O2/c1-2-27-14-10-8-13(9-11-14)23-17(26)12-25-16-7-5-3-4-6-15(16)18(24-25)19(20,21)22/h8-11H,2-7,12H2,1H3,(H,23,26). The van der Waals surface area contributed by atoms with Crippen molar-refractivity contribution in [2.45, 2.75) is 51.7 Å². The van der Waals surface area contributed by atoms with Gasteiger partial charge in [-0.15, -0.1) is 0 Å². The normalized spacial score (nSPS) is 14.4. The fourth-order valence-electron chi connectivity index (χ4n) is 3.34. The summed E-state index contributed by atoms with van der Waals surface area (Å²) in [6.45, 7) is 2.17. The van der Waals surface area contributed by atoms with E-state index in [4.69, 9.17) is 4.74 Å². The van der Waals surface area contributed by atoms with Crippen LogP contribution in [0, 0.1) is 0 Å². The van der Waals surface area contributed by atoms with E-state index in [1.54, 1.807) is 24.3 Å². The molecule has 1 aliphatic rings. The van der Waals surface area contributed by atoms with Crippen LogP contribution in [0.5, 0.6) is 5.75 Å². The first-order chi connectivity index (χ1) is 12.9. The zero-order valence-electron chi connectivity index (χ0n) is 15.1. The lowest BCUT2D eigenvalue weighted by atomic mass is 10.1. The van der Waals surface area contributed by atoms with Gasteiger partial charge < -0.3 is 10.1 Å². The molecule has 1 aromatic heterocycles. The largest absolute Gasteiger partial charge is 0.494 e. The molecule has 1 amide bonds. The number of alkyl halides is 3. The number of halogens is 3. The van der Waals surface area contributed by atoms with Gasteiger partial charge in [-0.25, -0.2) is 0 Å². The van der Waals surface area contributed by atoms with E-state index in [1.807, 2.05) is 6.92 Å². The van der Waals surface area contributed by atoms with Crippen LogP contribution in [-0.4, -0.2) is 22.3 Å². The minimum Gasteiger partial charge on any atom is -0.494 e. The van der Waals surface area contributed by atoms with Crippen molar-refractivity contribution in [1.29, 1.82) is 0 Å². The summed E-state index contributed by atoms with van der Waals surface area (Å²) in [6.07, 6.45) is -1.26. The average molecular weight is 381 g/mol. The maximum Gasteiger partial charge on any atom is 0.435 e. The number of rotatable bonds is 5. The molecular formula is C19H22F3N3O2. The molecule has 0 fully saturated rings. The van der Waals surface area contributed by atoms with Crippen LogP contribution in [0.1, 0.15) is 43.1 Å². The maximum absolute atomic E-state index is 13.3. The van der Waals surface area contributed by atoms with Crippen molar-refractivity contribution < 1.29 is 22.7 Å². The second-order valence-corrected chi connectivity index (χ2v) is 6.50. The van der Waals surface area contributed by atoms with Gasteiger partial charge in [0.1, 0.15) is 12.3 Å². The van der Waals surface area contributed by atoms with Crippen LogP contribution in [0.3, 0.4) is 0 Å². The van der Waals surface area contributed by atoms with Gasteiger partial charge in [0, 0.05) is 16.9 Å². The number of anilines is 1. The molecule has 2 aromatic rings. The quantitative estimate of drug-likeness (QED) is 0.790. The second-order valence-electron chi connectivity index (χ2n) is 6.50. The van der Waals surface area contributed by atoms with Gasteiger partial charge in [-0.1, -0.05) is 6.42 Å². The number of hydrogen-bond donors (Lipinski definition) is 1. The number of carbonyl (C=O) groups excluding carboxylic acids is 1. The minimum absolute atomic E-state index is 0.244. The monoisotopic (exact) mass is 381 g/mol. The first-order valence-electron chi connectivity index (χ1n) is 9.07. The Morgan fingerprint density at radius 1 is 1.19 bits per heavy atom. The average Bonchev–Trinajstić information content (AvgIpc) is 2.79. The lowest BCUT2D eigenvalue weighted by molar-refractivity contribution is -0.142. The predicted octanol–water partition coefficient (Wildman–Crippen LogP) is 4.21. The molecule has 0 bridgehead atoms. The van der Waals surface area contributed by atoms with Gasteiger partial charge in [0.25, 0.3) is 0 Å². The van der Waals surface area contributed by atoms with Gasteiger partial charge in [-0.3, -0.25) is 9.48 Å². The maximum atomic E-state index is 13.3. The predicted molar refractivity (Wildman–Crippen MR) is 94.7 cm³/mol. The van der Waals surface area contributed by atoms with Gasteiger partial charge >= 0.3 is 6.18 Å². The molecule has 1 aliphatic carbocycles. The summed E-state index contributed by atoms with van der Waals surface area (Å²) in [7, 11) is 0. The molecule has 1 heterocycles. The lowest BCUT2D eigenvalue weighted by Crippen LogP contribution is -2.21. The second kappa shape index (κ2) is 8.02. The molecule has 146 valence electrons. The summed E-state index contributed by atoms with van der Waals surface area (Å²) in [5.41, 5.74) is 0.474. The zero-order chi connectivity index (χ0) is 19.4. The molecule has 0 saturated heterocycles. The van der Waals surface area contributed by atoms with Crippen molar-refractivity contribution in [3.8, 4) is 5.75 Å². The third-order valence-corrected chi connectivity index (χ3v) is 4.52. The highest BCUT2D eigenvalue weighted by atomic mass is 19.4. The molecule has 27 heavy (non-hydrogen) atoms. The van der Waals surface area contributed by atoms with E-state index in [1.165, 1.54) is 4.68 Å². The number of fused-ring (bicyclic) bond motifs is 1. The summed E-state index contributed by atoms with van der Waals surface area (Å²) >= 11 is 0. The first kappa shape index (κ1) is 19.3. The number of amides is 1. The fraction of sp³-hybridized carbons (Fsp3) is 0.474. The fourth-order valence-corrected chi connectivity index (χ4v) is 3.34. The van der Waals surface area contributed by atoms with Crippen molar-refractivity contribution in [1.82, 2.24) is 9.78 Å². The third kappa shape index (κ3) is 4.61. The minimum atomic E-state index is -4.51. The van der Waals surface area contributed by atoms with Crippen LogP contribution in [0.2, 0.25) is 0 Å². The van der Waals surface area contributed by atoms with E-state index < -0.39 is 17.8 Å². The summed E-state index contributed by atoms with van der Waals surface area (Å²) in [5, 5.41) is 6.43. The van der Waals surface area contributed by atoms with E-state index in [0.717, 1.165) is 12.8 Å². The summed E-state index contributed by atoms with van der Waals surface area (Å²) in [6, 6.07) is 6.82. The molecule has 0 unspecified atom stereocenters. The molecule has 0 atom stereocenters. The molecule has 3 rings (SSSR count). The number of nitrogens with zero attached hydrogens (tertiary/aromatic N) is 2. The van der Waals surface area contributed by atoms with Gasteiger partial charge in [0.2, 0.25) is 5.91 Å². The number of nitrogens with one attached hydrogen (secondary N) is 1. The van der Waals surface area contributed by atoms with Crippen LogP contribution < -0.4 is 10.1 Å². The van der Waals surface area contributed by atoms with E-state index in [-0.39, 0.29) is 12.1 Å². The number of ether oxygens (including phenoxy) is 1. The topological polar surface area (TPSA) is 56.1 Å². The van der Waals surface area contributed by atoms with E-state index >= 15 is 0 Å². The highest BCUT2D eigenvalue weighted by molar-refractivity contribution is 5.90. The molecule has 0 radical (unpaired) electrons. The van der Waals surface area contributed by atoms with Gasteiger partial charge in [0.15, 0.2) is 5.69 Å². The Kier molecular flexibility index (Phi) is 5.72. The van der Waals surface area contributed by atoms with Crippen LogP contribution >= 0.6 is 0 Å². The summed E-state index contributed by atoms with van der Waals surface area (Å²) in [5.74, 6) is 0.269. The van der Waals surface area contributed by atoms with E-state index in [9.17, 15) is 18.0 Å². The highest BCUT2D eigenvalue weighted by Gasteiger charge is 2.39. The number of carbonyl (C=O) groups is 1. The van der Waals surface area contributed by atoms with Gasteiger partial charge in [-0.05, 0) is 56.9 Å². The molecule has 1 N–H and O–H groups in total. The van der Waals surface area contributed by atoms with Crippen LogP contribution in [0.25, 0.3) is 0 Å². The van der Waals surface area contributed by atoms with E-state index in [0.29, 0.717) is 43.0 Å². The Morgan fingerprint density at radius 2 is 1.89 bits per heavy atom. The van der Waals surface area contributed by atoms with Crippen molar-refractivity contribution >= 4 is 11.6 Å². The summed E-state index contributed by atoms with van der Waals surface area (Å²) < 4.78 is 46.5. The third-order valence-electron chi connectivity index (χ3n) is 4.52. The van der Waals surface area contributed by atoms with Crippen LogP contribution in [-0.2, 0) is 30.4 Å². The van der Waals surface area contributed by atoms with Crippen molar-refractivity contribution in [2.24, 2.45) is 0 Å². The van der Waals surface area contributed by atoms with Crippen molar-refractivity contribution in [2.75, 3.05) is 11.9 Å². The molecule has 5 nitrogen and oxygen atoms in total. The number of hydrogen-bond acceptors (Lipinski definition) is 3. The Labute approximate surface area is 155 Å². The molecule has 1 aromatic carbocycles. The van der Waals surface area contributed by atoms with Crippen molar-refractivity contribution in [3.63, 3.8) is 0 Å². The molecule has 8 heteroatoms. The Bertz CT molecular complexity index is 798. The van der Waals surface area contributed by atoms with Crippen molar-refractivity contribution in [3.05, 3.63) is 41.2 Å². The highest BCUT2D eigenvalue weighted by Crippen LogP contribution is 2.35. The van der Waals surface area contributed by atoms with E-state index in [2.05, 4.69) is 10.4 Å². The summed E-state index contributed by atoms with van der Waals surface area (Å²) in [4.78, 5) is 12.3. The Balaban J connectivity index is 1.76. The SMILES string of the molecule is CCOc1ccc(NC(=O)Cn2nc(C(F)(F)F)c3c2CCCCC3)cc1. The Morgan fingerprint density at radius 3 is 2.56 bits per heavy atom. The van der Waals surface area contributed by atoms with Gasteiger partial charge in [-0.2, -0.15) is 18.3 Å². The van der Waals surface area contributed by atoms with Crippen LogP contribution in [0.15, 0.2) is 24.3 Å². The molecule has 0 saturated carbocycles. The molecular weight excluding hydrogens is 359 g/mol. The molecule has 0 aliphatic heterocycles. The number of benzene rings is 1. The zero-order valence-corrected chi connectivity index (χ0v) is 15.1. The number of aromatic nitrogens is 2. The smallest absolute Gasteiger partial charge is 0.435 e. The van der Waals surface area contributed by atoms with Crippen LogP contribution in [0.4, 0.5) is 18.9 Å². The van der Waals surface area contributed by atoms with Gasteiger partial charge in [0.05, 0.1) is 6.61 Å². The lowest BCUT2D eigenvalue weighted by Gasteiger charge is -2.09. The Hall–Kier alpha value is -2.51. The first-order valence-corrected chi connectivity index (χ1v) is 9.07. The molecule has 0 spiro atoms.